The molecule has 3 heterocycles. The second-order valence-corrected chi connectivity index (χ2v) is 8.09. The SMILES string of the molecule is Cc1c[nH]c2ncnc(N3C=C(C(=O)N[C@H]4CCCC[C@H]4N)SCC3)c12. The van der Waals surface area contributed by atoms with Crippen molar-refractivity contribution in [2.75, 3.05) is 17.2 Å². The first kappa shape index (κ1) is 17.4. The van der Waals surface area contributed by atoms with Gasteiger partial charge in [-0.05, 0) is 25.3 Å². The summed E-state index contributed by atoms with van der Waals surface area (Å²) in [6.07, 6.45) is 9.62. The van der Waals surface area contributed by atoms with Crippen molar-refractivity contribution in [1.29, 1.82) is 0 Å². The number of carbonyl (C=O) groups excluding carboxylic acids is 1. The topological polar surface area (TPSA) is 99.9 Å². The van der Waals surface area contributed by atoms with Crippen LogP contribution in [0.25, 0.3) is 11.0 Å². The van der Waals surface area contributed by atoms with E-state index in [0.29, 0.717) is 4.91 Å². The molecule has 0 aromatic carbocycles. The highest BCUT2D eigenvalue weighted by atomic mass is 32.2. The first-order chi connectivity index (χ1) is 12.6. The summed E-state index contributed by atoms with van der Waals surface area (Å²) in [6, 6.07) is 0.132. The van der Waals surface area contributed by atoms with E-state index in [0.717, 1.165) is 60.4 Å². The molecule has 7 nitrogen and oxygen atoms in total. The molecule has 2 aromatic heterocycles. The van der Waals surface area contributed by atoms with Crippen LogP contribution in [0.15, 0.2) is 23.6 Å². The van der Waals surface area contributed by atoms with Crippen LogP contribution < -0.4 is 16.0 Å². The van der Waals surface area contributed by atoms with Crippen LogP contribution in [0.2, 0.25) is 0 Å². The number of aromatic nitrogens is 3. The molecule has 1 fully saturated rings. The first-order valence-corrected chi connectivity index (χ1v) is 10.1. The molecule has 4 N–H and O–H groups in total. The third-order valence-electron chi connectivity index (χ3n) is 5.14. The third-order valence-corrected chi connectivity index (χ3v) is 6.13. The maximum Gasteiger partial charge on any atom is 0.259 e. The number of hydrogen-bond donors (Lipinski definition) is 3. The summed E-state index contributed by atoms with van der Waals surface area (Å²) in [5, 5.41) is 4.14. The van der Waals surface area contributed by atoms with Gasteiger partial charge in [-0.1, -0.05) is 12.8 Å². The van der Waals surface area contributed by atoms with Crippen molar-refractivity contribution in [3.8, 4) is 0 Å². The molecule has 1 amide bonds. The Balaban J connectivity index is 1.57. The molecule has 26 heavy (non-hydrogen) atoms. The summed E-state index contributed by atoms with van der Waals surface area (Å²) in [6.45, 7) is 2.84. The maximum absolute atomic E-state index is 12.7. The fourth-order valence-electron chi connectivity index (χ4n) is 3.68. The van der Waals surface area contributed by atoms with E-state index < -0.39 is 0 Å². The van der Waals surface area contributed by atoms with Crippen LogP contribution in [0.1, 0.15) is 31.2 Å². The number of anilines is 1. The number of rotatable bonds is 3. The summed E-state index contributed by atoms with van der Waals surface area (Å²) in [4.78, 5) is 27.4. The second kappa shape index (κ2) is 7.28. The fourth-order valence-corrected chi connectivity index (χ4v) is 4.58. The van der Waals surface area contributed by atoms with Crippen molar-refractivity contribution >= 4 is 34.5 Å². The molecule has 0 bridgehead atoms. The van der Waals surface area contributed by atoms with E-state index in [9.17, 15) is 4.79 Å². The number of aromatic amines is 1. The van der Waals surface area contributed by atoms with Gasteiger partial charge in [0.25, 0.3) is 5.91 Å². The normalized spacial score (nSPS) is 23.8. The number of aryl methyl sites for hydroxylation is 1. The first-order valence-electron chi connectivity index (χ1n) is 9.10. The van der Waals surface area contributed by atoms with Gasteiger partial charge in [-0.15, -0.1) is 11.8 Å². The number of amides is 1. The van der Waals surface area contributed by atoms with Gasteiger partial charge in [-0.25, -0.2) is 9.97 Å². The second-order valence-electron chi connectivity index (χ2n) is 6.96. The largest absolute Gasteiger partial charge is 0.347 e. The molecule has 0 unspecified atom stereocenters. The minimum absolute atomic E-state index is 0.0295. The van der Waals surface area contributed by atoms with E-state index in [4.69, 9.17) is 5.73 Å². The van der Waals surface area contributed by atoms with E-state index in [1.165, 1.54) is 0 Å². The van der Waals surface area contributed by atoms with Gasteiger partial charge >= 0.3 is 0 Å². The van der Waals surface area contributed by atoms with Crippen LogP contribution in [0.4, 0.5) is 5.82 Å². The summed E-state index contributed by atoms with van der Waals surface area (Å²) in [5.74, 6) is 1.65. The van der Waals surface area contributed by atoms with Gasteiger partial charge in [0.2, 0.25) is 0 Å². The Labute approximate surface area is 156 Å². The van der Waals surface area contributed by atoms with Gasteiger partial charge < -0.3 is 20.9 Å². The number of hydrogen-bond acceptors (Lipinski definition) is 6. The zero-order valence-electron chi connectivity index (χ0n) is 14.9. The molecule has 138 valence electrons. The van der Waals surface area contributed by atoms with Crippen LogP contribution >= 0.6 is 11.8 Å². The van der Waals surface area contributed by atoms with Crippen LogP contribution in [0.3, 0.4) is 0 Å². The summed E-state index contributed by atoms with van der Waals surface area (Å²) in [5.41, 5.74) is 8.09. The molecule has 1 saturated carbocycles. The molecular weight excluding hydrogens is 348 g/mol. The lowest BCUT2D eigenvalue weighted by atomic mass is 9.91. The fraction of sp³-hybridized carbons (Fsp3) is 0.500. The van der Waals surface area contributed by atoms with Crippen molar-refractivity contribution in [2.45, 2.75) is 44.7 Å². The Morgan fingerprint density at radius 2 is 2.23 bits per heavy atom. The monoisotopic (exact) mass is 372 g/mol. The molecule has 0 radical (unpaired) electrons. The molecule has 1 aliphatic heterocycles. The van der Waals surface area contributed by atoms with Gasteiger partial charge in [0.15, 0.2) is 0 Å². The number of nitrogens with two attached hydrogens (primary N) is 1. The molecule has 2 aliphatic rings. The highest BCUT2D eigenvalue weighted by Gasteiger charge is 2.26. The molecule has 1 aliphatic carbocycles. The van der Waals surface area contributed by atoms with E-state index >= 15 is 0 Å². The third kappa shape index (κ3) is 3.31. The van der Waals surface area contributed by atoms with Gasteiger partial charge in [0, 0.05) is 36.8 Å². The number of fused-ring (bicyclic) bond motifs is 1. The van der Waals surface area contributed by atoms with Crippen LogP contribution in [-0.2, 0) is 4.79 Å². The lowest BCUT2D eigenvalue weighted by Crippen LogP contribution is -2.49. The van der Waals surface area contributed by atoms with E-state index in [2.05, 4.69) is 25.2 Å². The van der Waals surface area contributed by atoms with Gasteiger partial charge in [0.1, 0.15) is 17.8 Å². The number of carbonyl (C=O) groups is 1. The van der Waals surface area contributed by atoms with Gasteiger partial charge in [0.05, 0.1) is 10.3 Å². The number of nitrogens with one attached hydrogen (secondary N) is 2. The maximum atomic E-state index is 12.7. The molecule has 8 heteroatoms. The average Bonchev–Trinajstić information content (AvgIpc) is 3.05. The van der Waals surface area contributed by atoms with Crippen molar-refractivity contribution < 1.29 is 4.79 Å². The van der Waals surface area contributed by atoms with Gasteiger partial charge in [-0.2, -0.15) is 0 Å². The predicted octanol–water partition coefficient (Wildman–Crippen LogP) is 2.05. The Kier molecular flexibility index (Phi) is 4.86. The number of nitrogens with zero attached hydrogens (tertiary/aromatic N) is 3. The summed E-state index contributed by atoms with van der Waals surface area (Å²) >= 11 is 1.59. The molecule has 0 saturated heterocycles. The highest BCUT2D eigenvalue weighted by Crippen LogP contribution is 2.31. The number of H-pyrrole nitrogens is 1. The molecule has 2 aromatic rings. The van der Waals surface area contributed by atoms with Crippen molar-refractivity contribution in [2.24, 2.45) is 5.73 Å². The van der Waals surface area contributed by atoms with Crippen LogP contribution in [-0.4, -0.2) is 45.2 Å². The summed E-state index contributed by atoms with van der Waals surface area (Å²) < 4.78 is 0. The zero-order valence-corrected chi connectivity index (χ0v) is 15.7. The van der Waals surface area contributed by atoms with Gasteiger partial charge in [-0.3, -0.25) is 4.79 Å². The van der Waals surface area contributed by atoms with Crippen molar-refractivity contribution in [3.63, 3.8) is 0 Å². The average molecular weight is 372 g/mol. The van der Waals surface area contributed by atoms with Crippen LogP contribution in [0.5, 0.6) is 0 Å². The Bertz CT molecular complexity index is 847. The highest BCUT2D eigenvalue weighted by molar-refractivity contribution is 8.04. The number of thioether (sulfide) groups is 1. The smallest absolute Gasteiger partial charge is 0.259 e. The molecule has 0 spiro atoms. The Morgan fingerprint density at radius 3 is 3.08 bits per heavy atom. The quantitative estimate of drug-likeness (QED) is 0.762. The zero-order chi connectivity index (χ0) is 18.1. The lowest BCUT2D eigenvalue weighted by molar-refractivity contribution is -0.117. The van der Waals surface area contributed by atoms with E-state index in [1.54, 1.807) is 18.1 Å². The van der Waals surface area contributed by atoms with E-state index in [-0.39, 0.29) is 18.0 Å². The molecular formula is C18H24N6OS. The minimum atomic E-state index is -0.0295. The minimum Gasteiger partial charge on any atom is -0.347 e. The van der Waals surface area contributed by atoms with Crippen molar-refractivity contribution in [1.82, 2.24) is 20.3 Å². The van der Waals surface area contributed by atoms with E-state index in [1.807, 2.05) is 19.3 Å². The standard InChI is InChI=1S/C18H24N6OS/c1-11-8-20-16-15(11)17(22-10-21-16)24-6-7-26-14(9-24)18(25)23-13-5-3-2-4-12(13)19/h8-10,12-13H,2-7,19H2,1H3,(H,23,25)(H,20,21,22)/t12-,13+/m1/s1. The molecule has 4 rings (SSSR count). The van der Waals surface area contributed by atoms with Crippen molar-refractivity contribution in [3.05, 3.63) is 29.2 Å². The Morgan fingerprint density at radius 1 is 1.38 bits per heavy atom. The summed E-state index contributed by atoms with van der Waals surface area (Å²) in [7, 11) is 0. The predicted molar refractivity (Wildman–Crippen MR) is 105 cm³/mol. The Hall–Kier alpha value is -2.06. The van der Waals surface area contributed by atoms with Crippen LogP contribution in [0, 0.1) is 6.92 Å². The lowest BCUT2D eigenvalue weighted by Gasteiger charge is -2.31. The molecule has 2 atom stereocenters.